The van der Waals surface area contributed by atoms with E-state index in [0.717, 1.165) is 11.6 Å². The average Bonchev–Trinajstić information content (AvgIpc) is 3.07. The molecule has 0 aromatic heterocycles. The molecule has 1 aliphatic carbocycles. The largest absolute Gasteiger partial charge is 0.370 e. The first-order chi connectivity index (χ1) is 9.69. The second kappa shape index (κ2) is 6.05. The minimum Gasteiger partial charge on any atom is -0.370 e. The van der Waals surface area contributed by atoms with Gasteiger partial charge in [0.1, 0.15) is 0 Å². The van der Waals surface area contributed by atoms with Gasteiger partial charge in [0.2, 0.25) is 0 Å². The lowest BCUT2D eigenvalue weighted by atomic mass is 9.98. The highest BCUT2D eigenvalue weighted by atomic mass is 35.5. The predicted molar refractivity (Wildman–Crippen MR) is 83.2 cm³/mol. The van der Waals surface area contributed by atoms with Gasteiger partial charge in [-0.25, -0.2) is 0 Å². The normalized spacial score (nSPS) is 26.2. The Morgan fingerprint density at radius 2 is 2.05 bits per heavy atom. The Bertz CT molecular complexity index is 456. The van der Waals surface area contributed by atoms with Crippen molar-refractivity contribution in [2.75, 3.05) is 6.54 Å². The number of hydrogen-bond acceptors (Lipinski definition) is 2. The first-order valence-corrected chi connectivity index (χ1v) is 8.22. The molecule has 20 heavy (non-hydrogen) atoms. The van der Waals surface area contributed by atoms with Crippen LogP contribution < -0.4 is 5.32 Å². The molecule has 0 unspecified atom stereocenters. The van der Waals surface area contributed by atoms with Gasteiger partial charge in [-0.3, -0.25) is 0 Å². The zero-order chi connectivity index (χ0) is 14.0. The van der Waals surface area contributed by atoms with Gasteiger partial charge in [-0.1, -0.05) is 42.6 Å². The minimum absolute atomic E-state index is 0.236. The summed E-state index contributed by atoms with van der Waals surface area (Å²) in [6.07, 6.45) is 8.04. The summed E-state index contributed by atoms with van der Waals surface area (Å²) in [5.41, 5.74) is 1.41. The fourth-order valence-corrected chi connectivity index (χ4v) is 3.97. The van der Waals surface area contributed by atoms with Crippen molar-refractivity contribution in [2.45, 2.75) is 63.2 Å². The van der Waals surface area contributed by atoms with Crippen molar-refractivity contribution in [1.82, 2.24) is 5.32 Å². The number of benzene rings is 1. The Kier molecular flexibility index (Phi) is 4.34. The molecule has 1 aromatic carbocycles. The topological polar surface area (TPSA) is 21.3 Å². The summed E-state index contributed by atoms with van der Waals surface area (Å²) in [7, 11) is 0. The number of rotatable bonds is 4. The van der Waals surface area contributed by atoms with Crippen LogP contribution >= 0.6 is 11.6 Å². The van der Waals surface area contributed by atoms with E-state index < -0.39 is 0 Å². The van der Waals surface area contributed by atoms with Crippen LogP contribution in [-0.4, -0.2) is 18.2 Å². The second-order valence-electron chi connectivity index (χ2n) is 6.32. The summed E-state index contributed by atoms with van der Waals surface area (Å²) >= 11 is 6.24. The molecule has 0 bridgehead atoms. The van der Waals surface area contributed by atoms with Crippen molar-refractivity contribution in [2.24, 2.45) is 0 Å². The molecule has 110 valence electrons. The van der Waals surface area contributed by atoms with Crippen molar-refractivity contribution in [1.29, 1.82) is 0 Å². The zero-order valence-electron chi connectivity index (χ0n) is 12.2. The van der Waals surface area contributed by atoms with Gasteiger partial charge in [0.05, 0.1) is 11.7 Å². The molecule has 1 aliphatic heterocycles. The monoisotopic (exact) mass is 293 g/mol. The van der Waals surface area contributed by atoms with E-state index in [1.165, 1.54) is 44.1 Å². The summed E-state index contributed by atoms with van der Waals surface area (Å²) in [4.78, 5) is 0. The smallest absolute Gasteiger partial charge is 0.0708 e. The van der Waals surface area contributed by atoms with Crippen LogP contribution in [0, 0.1) is 0 Å². The molecule has 2 atom stereocenters. The van der Waals surface area contributed by atoms with Crippen LogP contribution in [0.2, 0.25) is 5.02 Å². The third-order valence-electron chi connectivity index (χ3n) is 4.88. The first kappa shape index (κ1) is 14.4. The van der Waals surface area contributed by atoms with Crippen molar-refractivity contribution < 1.29 is 4.74 Å². The molecule has 0 radical (unpaired) electrons. The van der Waals surface area contributed by atoms with Crippen LogP contribution in [0.5, 0.6) is 0 Å². The maximum atomic E-state index is 6.33. The Morgan fingerprint density at radius 1 is 1.30 bits per heavy atom. The van der Waals surface area contributed by atoms with E-state index in [2.05, 4.69) is 18.3 Å². The van der Waals surface area contributed by atoms with E-state index in [0.29, 0.717) is 6.10 Å². The van der Waals surface area contributed by atoms with Gasteiger partial charge in [0.25, 0.3) is 0 Å². The molecule has 2 nitrogen and oxygen atoms in total. The van der Waals surface area contributed by atoms with Crippen molar-refractivity contribution in [3.05, 3.63) is 34.9 Å². The van der Waals surface area contributed by atoms with E-state index in [-0.39, 0.29) is 11.6 Å². The molecule has 1 N–H and O–H groups in total. The lowest BCUT2D eigenvalue weighted by Crippen LogP contribution is -2.32. The van der Waals surface area contributed by atoms with Crippen molar-refractivity contribution in [3.63, 3.8) is 0 Å². The summed E-state index contributed by atoms with van der Waals surface area (Å²) in [5, 5.41) is 4.42. The number of halogens is 1. The highest BCUT2D eigenvalue weighted by Crippen LogP contribution is 2.43. The van der Waals surface area contributed by atoms with Gasteiger partial charge < -0.3 is 10.1 Å². The van der Waals surface area contributed by atoms with Gasteiger partial charge in [0, 0.05) is 17.6 Å². The molecule has 2 aliphatic rings. The second-order valence-corrected chi connectivity index (χ2v) is 6.73. The number of ether oxygens (including phenoxy) is 1. The van der Waals surface area contributed by atoms with Crippen molar-refractivity contribution >= 4 is 11.6 Å². The first-order valence-electron chi connectivity index (χ1n) is 7.84. The van der Waals surface area contributed by atoms with Gasteiger partial charge in [0.15, 0.2) is 0 Å². The van der Waals surface area contributed by atoms with Gasteiger partial charge in [-0.2, -0.15) is 0 Å². The van der Waals surface area contributed by atoms with Gasteiger partial charge >= 0.3 is 0 Å². The fraction of sp³-hybridized carbons (Fsp3) is 0.647. The standard InChI is InChI=1S/C17H24ClNO/c1-13(15-6-2-3-7-16(15)18)19-12-14-8-11-17(20-14)9-4-5-10-17/h2-3,6-7,13-14,19H,4-5,8-12H2,1H3/t13-,14+/m0/s1. The summed E-state index contributed by atoms with van der Waals surface area (Å²) in [6.45, 7) is 3.09. The quantitative estimate of drug-likeness (QED) is 0.883. The molecule has 1 saturated carbocycles. The number of nitrogens with one attached hydrogen (secondary N) is 1. The van der Waals surface area contributed by atoms with Crippen LogP contribution in [0.4, 0.5) is 0 Å². The summed E-state index contributed by atoms with van der Waals surface area (Å²) in [6, 6.07) is 8.33. The lowest BCUT2D eigenvalue weighted by Gasteiger charge is -2.25. The van der Waals surface area contributed by atoms with Crippen LogP contribution in [0.25, 0.3) is 0 Å². The molecular weight excluding hydrogens is 270 g/mol. The highest BCUT2D eigenvalue weighted by molar-refractivity contribution is 6.31. The van der Waals surface area contributed by atoms with E-state index >= 15 is 0 Å². The number of hydrogen-bond donors (Lipinski definition) is 1. The van der Waals surface area contributed by atoms with Crippen LogP contribution in [0.1, 0.15) is 57.1 Å². The zero-order valence-corrected chi connectivity index (χ0v) is 13.0. The highest BCUT2D eigenvalue weighted by Gasteiger charge is 2.41. The fourth-order valence-electron chi connectivity index (χ4n) is 3.67. The molecule has 0 amide bonds. The maximum absolute atomic E-state index is 6.33. The summed E-state index contributed by atoms with van der Waals surface area (Å²) < 4.78 is 6.33. The average molecular weight is 294 g/mol. The third-order valence-corrected chi connectivity index (χ3v) is 5.22. The molecule has 2 fully saturated rings. The maximum Gasteiger partial charge on any atom is 0.0708 e. The summed E-state index contributed by atoms with van der Waals surface area (Å²) in [5.74, 6) is 0. The lowest BCUT2D eigenvalue weighted by molar-refractivity contribution is -0.0357. The van der Waals surface area contributed by atoms with E-state index in [4.69, 9.17) is 16.3 Å². The van der Waals surface area contributed by atoms with Crippen LogP contribution in [0.15, 0.2) is 24.3 Å². The van der Waals surface area contributed by atoms with Gasteiger partial charge in [-0.05, 0) is 44.2 Å². The van der Waals surface area contributed by atoms with Crippen LogP contribution in [-0.2, 0) is 4.74 Å². The Labute approximate surface area is 126 Å². The Balaban J connectivity index is 1.52. The molecular formula is C17H24ClNO. The Hall–Kier alpha value is -0.570. The molecule has 3 rings (SSSR count). The minimum atomic E-state index is 0.236. The molecule has 1 heterocycles. The molecule has 1 saturated heterocycles. The van der Waals surface area contributed by atoms with E-state index in [1.807, 2.05) is 18.2 Å². The van der Waals surface area contributed by atoms with Crippen LogP contribution in [0.3, 0.4) is 0 Å². The predicted octanol–water partition coefficient (Wildman–Crippen LogP) is 4.48. The van der Waals surface area contributed by atoms with E-state index in [1.54, 1.807) is 0 Å². The van der Waals surface area contributed by atoms with E-state index in [9.17, 15) is 0 Å². The van der Waals surface area contributed by atoms with Gasteiger partial charge in [-0.15, -0.1) is 0 Å². The SMILES string of the molecule is C[C@H](NC[C@H]1CCC2(CCCC2)O1)c1ccccc1Cl. The molecule has 1 aromatic rings. The third kappa shape index (κ3) is 3.03. The molecule has 1 spiro atoms. The van der Waals surface area contributed by atoms with Crippen molar-refractivity contribution in [3.8, 4) is 0 Å². The molecule has 3 heteroatoms. The Morgan fingerprint density at radius 3 is 2.80 bits per heavy atom.